The highest BCUT2D eigenvalue weighted by atomic mass is 16.6. The average Bonchev–Trinajstić information content (AvgIpc) is 3.09. The Balaban J connectivity index is 1.71. The van der Waals surface area contributed by atoms with E-state index in [0.29, 0.717) is 18.0 Å². The predicted octanol–water partition coefficient (Wildman–Crippen LogP) is 2.01. The average molecular weight is 337 g/mol. The van der Waals surface area contributed by atoms with E-state index >= 15 is 0 Å². The van der Waals surface area contributed by atoms with Crippen molar-refractivity contribution in [2.75, 3.05) is 7.05 Å². The summed E-state index contributed by atoms with van der Waals surface area (Å²) in [5.41, 5.74) is 13.7. The topological polar surface area (TPSA) is 110 Å². The molecule has 7 nitrogen and oxygen atoms in total. The monoisotopic (exact) mass is 337 g/mol. The van der Waals surface area contributed by atoms with Gasteiger partial charge in [0.1, 0.15) is 5.69 Å². The molecule has 0 saturated carbocycles. The molecular weight excluding hydrogens is 318 g/mol. The van der Waals surface area contributed by atoms with E-state index in [-0.39, 0.29) is 11.9 Å². The van der Waals surface area contributed by atoms with Gasteiger partial charge < -0.3 is 21.3 Å². The van der Waals surface area contributed by atoms with Crippen LogP contribution >= 0.6 is 0 Å². The lowest BCUT2D eigenvalue weighted by molar-refractivity contribution is 0.0861. The molecule has 5 N–H and O–H groups in total. The Morgan fingerprint density at radius 3 is 2.60 bits per heavy atom. The molecule has 25 heavy (non-hydrogen) atoms. The molecule has 0 aliphatic heterocycles. The smallest absolute Gasteiger partial charge is 0.276 e. The van der Waals surface area contributed by atoms with Gasteiger partial charge in [0.15, 0.2) is 5.75 Å². The second-order valence-corrected chi connectivity index (χ2v) is 5.52. The fourth-order valence-electron chi connectivity index (χ4n) is 2.32. The summed E-state index contributed by atoms with van der Waals surface area (Å²) < 4.78 is 0. The van der Waals surface area contributed by atoms with Gasteiger partial charge in [-0.15, -0.1) is 0 Å². The zero-order valence-electron chi connectivity index (χ0n) is 13.8. The second kappa shape index (κ2) is 7.06. The van der Waals surface area contributed by atoms with Gasteiger partial charge >= 0.3 is 0 Å². The zero-order valence-corrected chi connectivity index (χ0v) is 13.8. The van der Waals surface area contributed by atoms with E-state index < -0.39 is 0 Å². The van der Waals surface area contributed by atoms with Crippen LogP contribution in [0.15, 0.2) is 59.8 Å². The Hall–Kier alpha value is -3.32. The number of aromatic nitrogens is 1. The summed E-state index contributed by atoms with van der Waals surface area (Å²) in [5, 5.41) is 4.75. The third kappa shape index (κ3) is 3.61. The molecule has 0 radical (unpaired) electrons. The molecule has 3 rings (SSSR count). The number of H-pyrrole nitrogens is 1. The molecule has 0 aliphatic carbocycles. The van der Waals surface area contributed by atoms with Gasteiger partial charge in [-0.25, -0.2) is 0 Å². The first-order chi connectivity index (χ1) is 12.1. The summed E-state index contributed by atoms with van der Waals surface area (Å²) in [6, 6.07) is 16.5. The van der Waals surface area contributed by atoms with E-state index in [1.165, 1.54) is 11.9 Å². The number of amides is 1. The van der Waals surface area contributed by atoms with Crippen LogP contribution in [-0.4, -0.2) is 28.8 Å². The van der Waals surface area contributed by atoms with Crippen LogP contribution in [0.2, 0.25) is 0 Å². The van der Waals surface area contributed by atoms with Crippen LogP contribution in [0.1, 0.15) is 16.1 Å². The molecule has 2 aromatic carbocycles. The van der Waals surface area contributed by atoms with Crippen molar-refractivity contribution in [3.63, 3.8) is 0 Å². The van der Waals surface area contributed by atoms with Gasteiger partial charge in [0.05, 0.1) is 0 Å². The number of aromatic amines is 1. The third-order valence-corrected chi connectivity index (χ3v) is 3.81. The molecule has 0 spiro atoms. The van der Waals surface area contributed by atoms with Crippen molar-refractivity contribution < 1.29 is 9.63 Å². The molecule has 0 aliphatic rings. The lowest BCUT2D eigenvalue weighted by atomic mass is 10.2. The van der Waals surface area contributed by atoms with Crippen molar-refractivity contribution in [1.82, 2.24) is 9.88 Å². The lowest BCUT2D eigenvalue weighted by Crippen LogP contribution is -2.39. The number of benzene rings is 2. The largest absolute Gasteiger partial charge is 0.367 e. The highest BCUT2D eigenvalue weighted by Gasteiger charge is 2.17. The number of carbonyl (C=O) groups is 1. The first-order valence-electron chi connectivity index (χ1n) is 7.74. The predicted molar refractivity (Wildman–Crippen MR) is 97.0 cm³/mol. The van der Waals surface area contributed by atoms with E-state index in [2.05, 4.69) is 10.1 Å². The van der Waals surface area contributed by atoms with Crippen LogP contribution in [0.25, 0.3) is 10.9 Å². The van der Waals surface area contributed by atoms with Crippen LogP contribution < -0.4 is 16.3 Å². The standard InChI is InChI=1S/C18H19N5O2/c1-23(17(24)16-10-13-4-2-3-5-15(13)21-16)18(20)22-25-14-8-6-12(11-19)7-9-14/h2-10,21H,11,19H2,1H3,(H2,20,22). The molecule has 0 fully saturated rings. The first kappa shape index (κ1) is 16.5. The number of fused-ring (bicyclic) bond motifs is 1. The highest BCUT2D eigenvalue weighted by molar-refractivity contribution is 6.06. The van der Waals surface area contributed by atoms with Gasteiger partial charge in [0.25, 0.3) is 5.91 Å². The zero-order chi connectivity index (χ0) is 17.8. The molecule has 1 heterocycles. The van der Waals surface area contributed by atoms with Crippen molar-refractivity contribution in [2.45, 2.75) is 6.54 Å². The van der Waals surface area contributed by atoms with Gasteiger partial charge in [-0.3, -0.25) is 9.69 Å². The molecule has 0 bridgehead atoms. The Morgan fingerprint density at radius 2 is 1.92 bits per heavy atom. The van der Waals surface area contributed by atoms with E-state index in [9.17, 15) is 4.79 Å². The number of nitrogens with two attached hydrogens (primary N) is 2. The Kier molecular flexibility index (Phi) is 4.67. The van der Waals surface area contributed by atoms with Crippen LogP contribution in [-0.2, 0) is 6.54 Å². The summed E-state index contributed by atoms with van der Waals surface area (Å²) in [4.78, 5) is 22.1. The second-order valence-electron chi connectivity index (χ2n) is 5.52. The Labute approximate surface area is 144 Å². The van der Waals surface area contributed by atoms with Gasteiger partial charge in [0.2, 0.25) is 5.96 Å². The number of nitrogens with zero attached hydrogens (tertiary/aromatic N) is 2. The van der Waals surface area contributed by atoms with Gasteiger partial charge in [-0.2, -0.15) is 0 Å². The maximum atomic E-state index is 12.5. The number of oxime groups is 1. The lowest BCUT2D eigenvalue weighted by Gasteiger charge is -2.14. The quantitative estimate of drug-likeness (QED) is 0.384. The van der Waals surface area contributed by atoms with E-state index in [0.717, 1.165) is 16.5 Å². The highest BCUT2D eigenvalue weighted by Crippen LogP contribution is 2.16. The van der Waals surface area contributed by atoms with E-state index in [1.54, 1.807) is 18.2 Å². The molecule has 7 heteroatoms. The molecule has 0 saturated heterocycles. The van der Waals surface area contributed by atoms with Crippen LogP contribution in [0.4, 0.5) is 0 Å². The summed E-state index contributed by atoms with van der Waals surface area (Å²) >= 11 is 0. The van der Waals surface area contributed by atoms with Crippen LogP contribution in [0, 0.1) is 0 Å². The Morgan fingerprint density at radius 1 is 1.20 bits per heavy atom. The number of nitrogens with one attached hydrogen (secondary N) is 1. The summed E-state index contributed by atoms with van der Waals surface area (Å²) in [7, 11) is 1.54. The first-order valence-corrected chi connectivity index (χ1v) is 7.74. The fraction of sp³-hybridized carbons (Fsp3) is 0.111. The van der Waals surface area contributed by atoms with E-state index in [1.807, 2.05) is 36.4 Å². The van der Waals surface area contributed by atoms with E-state index in [4.69, 9.17) is 16.3 Å². The fourth-order valence-corrected chi connectivity index (χ4v) is 2.32. The number of hydrogen-bond acceptors (Lipinski definition) is 4. The van der Waals surface area contributed by atoms with Crippen LogP contribution in [0.3, 0.4) is 0 Å². The minimum absolute atomic E-state index is 0.0495. The molecule has 3 aromatic rings. The number of rotatable bonds is 4. The summed E-state index contributed by atoms with van der Waals surface area (Å²) in [5.74, 6) is 0.151. The number of guanidine groups is 1. The van der Waals surface area contributed by atoms with Gasteiger partial charge in [-0.1, -0.05) is 30.3 Å². The molecule has 1 aromatic heterocycles. The normalized spacial score (nSPS) is 11.5. The maximum Gasteiger partial charge on any atom is 0.276 e. The number of para-hydroxylation sites is 1. The van der Waals surface area contributed by atoms with Crippen molar-refractivity contribution in [1.29, 1.82) is 0 Å². The molecule has 1 amide bonds. The number of carbonyl (C=O) groups excluding carboxylic acids is 1. The van der Waals surface area contributed by atoms with Crippen molar-refractivity contribution in [3.05, 3.63) is 65.9 Å². The van der Waals surface area contributed by atoms with Crippen molar-refractivity contribution >= 4 is 22.8 Å². The molecule has 128 valence electrons. The van der Waals surface area contributed by atoms with Crippen molar-refractivity contribution in [2.24, 2.45) is 16.6 Å². The third-order valence-electron chi connectivity index (χ3n) is 3.81. The minimum atomic E-state index is -0.306. The number of hydrogen-bond donors (Lipinski definition) is 3. The SMILES string of the molecule is CN(C(=O)c1cc2ccccc2[nH]1)C(N)=NOc1ccc(CN)cc1. The van der Waals surface area contributed by atoms with Crippen LogP contribution in [0.5, 0.6) is 5.75 Å². The van der Waals surface area contributed by atoms with Gasteiger partial charge in [0, 0.05) is 24.5 Å². The maximum absolute atomic E-state index is 12.5. The molecular formula is C18H19N5O2. The van der Waals surface area contributed by atoms with Gasteiger partial charge in [-0.05, 0) is 35.0 Å². The summed E-state index contributed by atoms with van der Waals surface area (Å²) in [6.07, 6.45) is 0. The van der Waals surface area contributed by atoms with Crippen molar-refractivity contribution in [3.8, 4) is 5.75 Å². The molecule has 0 unspecified atom stereocenters. The molecule has 0 atom stereocenters. The summed E-state index contributed by atoms with van der Waals surface area (Å²) in [6.45, 7) is 0.452. The Bertz CT molecular complexity index is 882. The minimum Gasteiger partial charge on any atom is -0.367 e.